The van der Waals surface area contributed by atoms with Gasteiger partial charge in [0, 0.05) is 37.6 Å². The van der Waals surface area contributed by atoms with Crippen LogP contribution < -0.4 is 15.2 Å². The van der Waals surface area contributed by atoms with Gasteiger partial charge in [-0.2, -0.15) is 0 Å². The van der Waals surface area contributed by atoms with E-state index in [-0.39, 0.29) is 11.7 Å². The molecule has 1 saturated heterocycles. The summed E-state index contributed by atoms with van der Waals surface area (Å²) in [5.74, 6) is 1.45. The molecule has 0 bridgehead atoms. The third-order valence-electron chi connectivity index (χ3n) is 4.69. The molecule has 4 rings (SSSR count). The van der Waals surface area contributed by atoms with Crippen molar-refractivity contribution in [2.24, 2.45) is 7.05 Å². The van der Waals surface area contributed by atoms with Crippen molar-refractivity contribution in [1.82, 2.24) is 14.5 Å². The van der Waals surface area contributed by atoms with Crippen molar-refractivity contribution >= 4 is 5.95 Å². The highest BCUT2D eigenvalue weighted by Crippen LogP contribution is 2.20. The molecule has 0 spiro atoms. The number of morpholine rings is 1. The summed E-state index contributed by atoms with van der Waals surface area (Å²) < 4.78 is 13.2. The highest BCUT2D eigenvalue weighted by Gasteiger charge is 2.24. The molecule has 144 valence electrons. The van der Waals surface area contributed by atoms with Crippen molar-refractivity contribution in [3.63, 3.8) is 0 Å². The normalized spacial score (nSPS) is 16.8. The Bertz CT molecular complexity index is 976. The van der Waals surface area contributed by atoms with Crippen LogP contribution in [0.3, 0.4) is 0 Å². The van der Waals surface area contributed by atoms with E-state index in [9.17, 15) is 4.79 Å². The Balaban J connectivity index is 1.53. The molecule has 0 saturated carbocycles. The number of benzene rings is 1. The molecule has 1 aromatic carbocycles. The highest BCUT2D eigenvalue weighted by molar-refractivity contribution is 5.59. The van der Waals surface area contributed by atoms with Gasteiger partial charge >= 0.3 is 0 Å². The van der Waals surface area contributed by atoms with Crippen LogP contribution in [-0.2, 0) is 11.8 Å². The van der Waals surface area contributed by atoms with Crippen LogP contribution in [0.25, 0.3) is 11.3 Å². The zero-order valence-electron chi connectivity index (χ0n) is 15.7. The molecule has 0 N–H and O–H groups in total. The second kappa shape index (κ2) is 8.22. The SMILES string of the molecule is Cn1c(N2CCOC(COc3ccccc3)C2)nc(-c2ccncc2)cc1=O. The zero-order valence-corrected chi connectivity index (χ0v) is 15.7. The van der Waals surface area contributed by atoms with E-state index in [4.69, 9.17) is 14.5 Å². The first-order chi connectivity index (χ1) is 13.7. The second-order valence-electron chi connectivity index (χ2n) is 6.64. The standard InChI is InChI=1S/C21H22N4O3/c1-24-20(26)13-19(16-7-9-22-10-8-16)23-21(24)25-11-12-27-18(14-25)15-28-17-5-3-2-4-6-17/h2-10,13,18H,11-12,14-15H2,1H3. The van der Waals surface area contributed by atoms with Crippen molar-refractivity contribution in [3.8, 4) is 17.0 Å². The maximum atomic E-state index is 12.5. The molecular formula is C21H22N4O3. The molecule has 28 heavy (non-hydrogen) atoms. The maximum Gasteiger partial charge on any atom is 0.255 e. The van der Waals surface area contributed by atoms with Gasteiger partial charge < -0.3 is 14.4 Å². The molecule has 0 aliphatic carbocycles. The predicted octanol–water partition coefficient (Wildman–Crippen LogP) is 2.13. The number of ether oxygens (including phenoxy) is 2. The third-order valence-corrected chi connectivity index (χ3v) is 4.69. The zero-order chi connectivity index (χ0) is 19.3. The van der Waals surface area contributed by atoms with E-state index in [2.05, 4.69) is 9.88 Å². The van der Waals surface area contributed by atoms with Crippen molar-refractivity contribution in [2.45, 2.75) is 6.10 Å². The van der Waals surface area contributed by atoms with Gasteiger partial charge in [0.25, 0.3) is 5.56 Å². The highest BCUT2D eigenvalue weighted by atomic mass is 16.5. The van der Waals surface area contributed by atoms with Crippen LogP contribution in [0.2, 0.25) is 0 Å². The minimum atomic E-state index is -0.101. The van der Waals surface area contributed by atoms with Crippen molar-refractivity contribution in [1.29, 1.82) is 0 Å². The van der Waals surface area contributed by atoms with E-state index in [1.165, 1.54) is 0 Å². The van der Waals surface area contributed by atoms with E-state index in [1.54, 1.807) is 30.1 Å². The van der Waals surface area contributed by atoms with Gasteiger partial charge in [0.1, 0.15) is 18.5 Å². The van der Waals surface area contributed by atoms with E-state index in [0.717, 1.165) is 11.3 Å². The second-order valence-corrected chi connectivity index (χ2v) is 6.64. The summed E-state index contributed by atoms with van der Waals surface area (Å²) in [6.45, 7) is 2.27. The Hall–Kier alpha value is -3.19. The minimum Gasteiger partial charge on any atom is -0.491 e. The first-order valence-corrected chi connectivity index (χ1v) is 9.23. The summed E-state index contributed by atoms with van der Waals surface area (Å²) in [7, 11) is 1.74. The molecule has 3 heterocycles. The molecule has 0 radical (unpaired) electrons. The molecule has 7 nitrogen and oxygen atoms in total. The van der Waals surface area contributed by atoms with Crippen molar-refractivity contribution in [3.05, 3.63) is 71.3 Å². The Kier molecular flexibility index (Phi) is 5.34. The predicted molar refractivity (Wildman–Crippen MR) is 107 cm³/mol. The lowest BCUT2D eigenvalue weighted by Gasteiger charge is -2.34. The Labute approximate surface area is 163 Å². The number of hydrogen-bond acceptors (Lipinski definition) is 6. The number of rotatable bonds is 5. The first kappa shape index (κ1) is 18.2. The molecule has 1 atom stereocenters. The van der Waals surface area contributed by atoms with Crippen LogP contribution in [0.15, 0.2) is 65.7 Å². The lowest BCUT2D eigenvalue weighted by molar-refractivity contribution is 0.00962. The molecule has 0 amide bonds. The van der Waals surface area contributed by atoms with Crippen LogP contribution in [0.1, 0.15) is 0 Å². The molecule has 1 aliphatic heterocycles. The molecule has 2 aromatic heterocycles. The summed E-state index contributed by atoms with van der Waals surface area (Å²) in [5.41, 5.74) is 1.41. The van der Waals surface area contributed by atoms with Crippen LogP contribution in [0.4, 0.5) is 5.95 Å². The van der Waals surface area contributed by atoms with Gasteiger partial charge in [-0.25, -0.2) is 4.98 Å². The minimum absolute atomic E-state index is 0.0969. The van der Waals surface area contributed by atoms with Gasteiger partial charge in [-0.05, 0) is 24.3 Å². The average molecular weight is 378 g/mol. The number of pyridine rings is 1. The van der Waals surface area contributed by atoms with Gasteiger partial charge in [0.2, 0.25) is 5.95 Å². The van der Waals surface area contributed by atoms with Crippen LogP contribution in [-0.4, -0.2) is 46.9 Å². The lowest BCUT2D eigenvalue weighted by atomic mass is 10.2. The molecule has 3 aromatic rings. The van der Waals surface area contributed by atoms with E-state index in [0.29, 0.717) is 37.9 Å². The molecule has 7 heteroatoms. The molecule has 1 unspecified atom stereocenters. The van der Waals surface area contributed by atoms with Crippen molar-refractivity contribution in [2.75, 3.05) is 31.2 Å². The lowest BCUT2D eigenvalue weighted by Crippen LogP contribution is -2.47. The molecule has 1 aliphatic rings. The largest absolute Gasteiger partial charge is 0.491 e. The summed E-state index contributed by atoms with van der Waals surface area (Å²) in [4.78, 5) is 23.3. The van der Waals surface area contributed by atoms with Gasteiger partial charge in [0.05, 0.1) is 18.8 Å². The summed E-state index contributed by atoms with van der Waals surface area (Å²) >= 11 is 0. The van der Waals surface area contributed by atoms with Gasteiger partial charge in [-0.3, -0.25) is 14.3 Å². The number of nitrogens with zero attached hydrogens (tertiary/aromatic N) is 4. The fourth-order valence-corrected chi connectivity index (χ4v) is 3.19. The van der Waals surface area contributed by atoms with Gasteiger partial charge in [-0.1, -0.05) is 18.2 Å². The Morgan fingerprint density at radius 2 is 1.96 bits per heavy atom. The number of aromatic nitrogens is 3. The van der Waals surface area contributed by atoms with Crippen LogP contribution in [0, 0.1) is 0 Å². The number of hydrogen-bond donors (Lipinski definition) is 0. The fourth-order valence-electron chi connectivity index (χ4n) is 3.19. The van der Waals surface area contributed by atoms with Gasteiger partial charge in [-0.15, -0.1) is 0 Å². The molecule has 1 fully saturated rings. The van der Waals surface area contributed by atoms with E-state index < -0.39 is 0 Å². The topological polar surface area (TPSA) is 69.5 Å². The van der Waals surface area contributed by atoms with Crippen LogP contribution >= 0.6 is 0 Å². The van der Waals surface area contributed by atoms with Gasteiger partial charge in [0.15, 0.2) is 0 Å². The quantitative estimate of drug-likeness (QED) is 0.677. The Morgan fingerprint density at radius 3 is 2.75 bits per heavy atom. The van der Waals surface area contributed by atoms with Crippen LogP contribution in [0.5, 0.6) is 5.75 Å². The Morgan fingerprint density at radius 1 is 1.18 bits per heavy atom. The number of anilines is 1. The summed E-state index contributed by atoms with van der Waals surface area (Å²) in [5, 5.41) is 0. The third kappa shape index (κ3) is 4.04. The summed E-state index contributed by atoms with van der Waals surface area (Å²) in [6.07, 6.45) is 3.29. The van der Waals surface area contributed by atoms with E-state index in [1.807, 2.05) is 42.5 Å². The fraction of sp³-hybridized carbons (Fsp3) is 0.286. The summed E-state index contributed by atoms with van der Waals surface area (Å²) in [6, 6.07) is 14.9. The number of para-hydroxylation sites is 1. The first-order valence-electron chi connectivity index (χ1n) is 9.23. The maximum absolute atomic E-state index is 12.5. The van der Waals surface area contributed by atoms with E-state index >= 15 is 0 Å². The smallest absolute Gasteiger partial charge is 0.255 e. The van der Waals surface area contributed by atoms with Crippen molar-refractivity contribution < 1.29 is 9.47 Å². The monoisotopic (exact) mass is 378 g/mol. The average Bonchev–Trinajstić information content (AvgIpc) is 2.75. The molecular weight excluding hydrogens is 356 g/mol.